The molecule has 0 aliphatic heterocycles. The van der Waals surface area contributed by atoms with Gasteiger partial charge in [0, 0.05) is 0 Å². The summed E-state index contributed by atoms with van der Waals surface area (Å²) in [7, 11) is 0. The Labute approximate surface area is 114 Å². The first kappa shape index (κ1) is 17.0. The average molecular weight is 246 g/mol. The van der Waals surface area contributed by atoms with E-state index >= 15 is 0 Å². The van der Waals surface area contributed by atoms with Gasteiger partial charge in [-0.05, 0) is 45.1 Å². The maximum atomic E-state index is 3.97. The SMILES string of the molecule is C=CC(=C)CCC(C=CCCCCCC)=C(C)C. The molecule has 0 bridgehead atoms. The van der Waals surface area contributed by atoms with Gasteiger partial charge in [0.2, 0.25) is 0 Å². The van der Waals surface area contributed by atoms with Crippen molar-refractivity contribution in [1.29, 1.82) is 0 Å². The van der Waals surface area contributed by atoms with Crippen LogP contribution in [0.2, 0.25) is 0 Å². The molecule has 0 fully saturated rings. The van der Waals surface area contributed by atoms with Crippen molar-refractivity contribution >= 4 is 0 Å². The lowest BCUT2D eigenvalue weighted by atomic mass is 10.0. The van der Waals surface area contributed by atoms with Gasteiger partial charge < -0.3 is 0 Å². The summed E-state index contributed by atoms with van der Waals surface area (Å²) in [5, 5.41) is 0. The number of hydrogen-bond acceptors (Lipinski definition) is 0. The molecule has 0 aliphatic carbocycles. The second-order valence-corrected chi connectivity index (χ2v) is 5.14. The molecular weight excluding hydrogens is 216 g/mol. The summed E-state index contributed by atoms with van der Waals surface area (Å²) in [6, 6.07) is 0. The molecule has 0 nitrogen and oxygen atoms in total. The summed E-state index contributed by atoms with van der Waals surface area (Å²) in [6.45, 7) is 14.4. The van der Waals surface area contributed by atoms with E-state index < -0.39 is 0 Å². The molecule has 0 heterocycles. The molecule has 0 radical (unpaired) electrons. The Kier molecular flexibility index (Phi) is 10.4. The largest absolute Gasteiger partial charge is 0.0988 e. The number of rotatable bonds is 10. The van der Waals surface area contributed by atoms with E-state index in [9.17, 15) is 0 Å². The van der Waals surface area contributed by atoms with Crippen molar-refractivity contribution in [1.82, 2.24) is 0 Å². The van der Waals surface area contributed by atoms with Crippen LogP contribution >= 0.6 is 0 Å². The molecule has 0 N–H and O–H groups in total. The predicted molar refractivity (Wildman–Crippen MR) is 84.8 cm³/mol. The first-order chi connectivity index (χ1) is 8.61. The van der Waals surface area contributed by atoms with Crippen LogP contribution in [0.4, 0.5) is 0 Å². The fourth-order valence-electron chi connectivity index (χ4n) is 1.81. The molecule has 0 saturated carbocycles. The minimum absolute atomic E-state index is 1.02. The third kappa shape index (κ3) is 9.04. The Balaban J connectivity index is 4.05. The summed E-state index contributed by atoms with van der Waals surface area (Å²) in [5.41, 5.74) is 4.00. The lowest BCUT2D eigenvalue weighted by molar-refractivity contribution is 0.674. The minimum atomic E-state index is 1.02. The van der Waals surface area contributed by atoms with Crippen LogP contribution in [-0.2, 0) is 0 Å². The van der Waals surface area contributed by atoms with Gasteiger partial charge >= 0.3 is 0 Å². The number of allylic oxidation sites excluding steroid dienone is 6. The van der Waals surface area contributed by atoms with Crippen molar-refractivity contribution in [3.8, 4) is 0 Å². The van der Waals surface area contributed by atoms with Crippen molar-refractivity contribution < 1.29 is 0 Å². The molecule has 0 aromatic heterocycles. The van der Waals surface area contributed by atoms with Gasteiger partial charge in [-0.3, -0.25) is 0 Å². The Hall–Kier alpha value is -1.04. The minimum Gasteiger partial charge on any atom is -0.0988 e. The molecule has 102 valence electrons. The Morgan fingerprint density at radius 2 is 1.78 bits per heavy atom. The van der Waals surface area contributed by atoms with Crippen molar-refractivity contribution in [3.05, 3.63) is 48.1 Å². The molecule has 0 aromatic rings. The molecule has 0 spiro atoms. The molecule has 0 unspecified atom stereocenters. The lowest BCUT2D eigenvalue weighted by Crippen LogP contribution is -1.85. The van der Waals surface area contributed by atoms with E-state index in [1.165, 1.54) is 43.3 Å². The van der Waals surface area contributed by atoms with Gasteiger partial charge in [-0.1, -0.05) is 68.7 Å². The highest BCUT2D eigenvalue weighted by molar-refractivity contribution is 5.25. The van der Waals surface area contributed by atoms with Crippen LogP contribution in [-0.4, -0.2) is 0 Å². The van der Waals surface area contributed by atoms with Crippen molar-refractivity contribution in [2.75, 3.05) is 0 Å². The van der Waals surface area contributed by atoms with Gasteiger partial charge in [0.25, 0.3) is 0 Å². The van der Waals surface area contributed by atoms with E-state index in [4.69, 9.17) is 0 Å². The molecule has 0 rings (SSSR count). The fraction of sp³-hybridized carbons (Fsp3) is 0.556. The van der Waals surface area contributed by atoms with Crippen LogP contribution in [0.5, 0.6) is 0 Å². The second kappa shape index (κ2) is 11.1. The van der Waals surface area contributed by atoms with Gasteiger partial charge in [0.1, 0.15) is 0 Å². The van der Waals surface area contributed by atoms with E-state index in [2.05, 4.69) is 46.1 Å². The van der Waals surface area contributed by atoms with Crippen LogP contribution in [0.1, 0.15) is 65.7 Å². The zero-order chi connectivity index (χ0) is 13.8. The molecule has 0 saturated heterocycles. The molecule has 18 heavy (non-hydrogen) atoms. The second-order valence-electron chi connectivity index (χ2n) is 5.14. The summed E-state index contributed by atoms with van der Waals surface area (Å²) in [4.78, 5) is 0. The predicted octanol–water partition coefficient (Wildman–Crippen LogP) is 6.37. The van der Waals surface area contributed by atoms with Crippen molar-refractivity contribution in [2.45, 2.75) is 65.7 Å². The Morgan fingerprint density at radius 3 is 2.33 bits per heavy atom. The van der Waals surface area contributed by atoms with Crippen LogP contribution in [0.25, 0.3) is 0 Å². The number of unbranched alkanes of at least 4 members (excludes halogenated alkanes) is 4. The first-order valence-corrected chi connectivity index (χ1v) is 7.24. The first-order valence-electron chi connectivity index (χ1n) is 7.24. The van der Waals surface area contributed by atoms with E-state index in [1.807, 2.05) is 6.08 Å². The summed E-state index contributed by atoms with van der Waals surface area (Å²) >= 11 is 0. The van der Waals surface area contributed by atoms with Crippen LogP contribution in [0, 0.1) is 0 Å². The van der Waals surface area contributed by atoms with Gasteiger partial charge in [0.05, 0.1) is 0 Å². The van der Waals surface area contributed by atoms with E-state index in [0.717, 1.165) is 18.4 Å². The van der Waals surface area contributed by atoms with Crippen molar-refractivity contribution in [3.63, 3.8) is 0 Å². The smallest absolute Gasteiger partial charge is 0.0239 e. The average Bonchev–Trinajstić information content (AvgIpc) is 2.36. The van der Waals surface area contributed by atoms with Gasteiger partial charge in [-0.2, -0.15) is 0 Å². The highest BCUT2D eigenvalue weighted by Crippen LogP contribution is 2.17. The zero-order valence-corrected chi connectivity index (χ0v) is 12.6. The highest BCUT2D eigenvalue weighted by Gasteiger charge is 1.97. The van der Waals surface area contributed by atoms with Gasteiger partial charge in [0.15, 0.2) is 0 Å². The fourth-order valence-corrected chi connectivity index (χ4v) is 1.81. The Bertz CT molecular complexity index is 298. The van der Waals surface area contributed by atoms with Crippen LogP contribution < -0.4 is 0 Å². The summed E-state index contributed by atoms with van der Waals surface area (Å²) in [5.74, 6) is 0. The van der Waals surface area contributed by atoms with E-state index in [1.54, 1.807) is 0 Å². The van der Waals surface area contributed by atoms with Crippen LogP contribution in [0.3, 0.4) is 0 Å². The third-order valence-electron chi connectivity index (χ3n) is 3.19. The quantitative estimate of drug-likeness (QED) is 0.310. The highest BCUT2D eigenvalue weighted by atomic mass is 14.0. The van der Waals surface area contributed by atoms with Gasteiger partial charge in [-0.25, -0.2) is 0 Å². The van der Waals surface area contributed by atoms with Gasteiger partial charge in [-0.15, -0.1) is 0 Å². The monoisotopic (exact) mass is 246 g/mol. The summed E-state index contributed by atoms with van der Waals surface area (Å²) in [6.07, 6.45) is 15.2. The molecule has 0 heteroatoms. The lowest BCUT2D eigenvalue weighted by Gasteiger charge is -2.05. The number of hydrogen-bond donors (Lipinski definition) is 0. The maximum absolute atomic E-state index is 3.97. The third-order valence-corrected chi connectivity index (χ3v) is 3.19. The van der Waals surface area contributed by atoms with E-state index in [-0.39, 0.29) is 0 Å². The zero-order valence-electron chi connectivity index (χ0n) is 12.6. The topological polar surface area (TPSA) is 0 Å². The summed E-state index contributed by atoms with van der Waals surface area (Å²) < 4.78 is 0. The van der Waals surface area contributed by atoms with Crippen LogP contribution in [0.15, 0.2) is 48.1 Å². The molecular formula is C18H30. The standard InChI is InChI=1S/C18H30/c1-6-8-9-10-11-12-13-18(16(3)4)15-14-17(5)7-2/h7,12-13H,2,5-6,8-11,14-15H2,1,3-4H3. The maximum Gasteiger partial charge on any atom is -0.0239 e. The molecule has 0 amide bonds. The van der Waals surface area contributed by atoms with E-state index in [0.29, 0.717) is 0 Å². The molecule has 0 aromatic carbocycles. The van der Waals surface area contributed by atoms with Crippen molar-refractivity contribution in [2.24, 2.45) is 0 Å². The molecule has 0 aliphatic rings. The normalized spacial score (nSPS) is 10.6. The Morgan fingerprint density at radius 1 is 1.06 bits per heavy atom. The molecule has 0 atom stereocenters.